The minimum Gasteiger partial charge on any atom is -0.396 e. The molecular formula is C14H25N3O2S. The van der Waals surface area contributed by atoms with E-state index in [1.807, 2.05) is 13.1 Å². The highest BCUT2D eigenvalue weighted by molar-refractivity contribution is 7.99. The third kappa shape index (κ3) is 5.54. The molecule has 0 fully saturated rings. The maximum atomic E-state index is 11.8. The van der Waals surface area contributed by atoms with Gasteiger partial charge in [0.15, 0.2) is 5.16 Å². The van der Waals surface area contributed by atoms with Crippen molar-refractivity contribution in [1.29, 1.82) is 0 Å². The Kier molecular flexibility index (Phi) is 6.55. The number of aromatic nitrogens is 2. The Morgan fingerprint density at radius 1 is 1.55 bits per heavy atom. The van der Waals surface area contributed by atoms with E-state index in [2.05, 4.69) is 35.6 Å². The van der Waals surface area contributed by atoms with E-state index < -0.39 is 0 Å². The molecule has 2 N–H and O–H groups in total. The number of carbonyl (C=O) groups excluding carboxylic acids is 1. The Balaban J connectivity index is 2.44. The number of carbonyl (C=O) groups is 1. The molecule has 0 saturated carbocycles. The summed E-state index contributed by atoms with van der Waals surface area (Å²) in [5, 5.41) is 12.5. The minimum atomic E-state index is -0.0380. The van der Waals surface area contributed by atoms with E-state index in [0.29, 0.717) is 12.2 Å². The Morgan fingerprint density at radius 3 is 2.85 bits per heavy atom. The van der Waals surface area contributed by atoms with Crippen molar-refractivity contribution >= 4 is 17.7 Å². The summed E-state index contributed by atoms with van der Waals surface area (Å²) in [6, 6.07) is 0.0950. The first-order chi connectivity index (χ1) is 9.34. The van der Waals surface area contributed by atoms with Crippen LogP contribution in [0.1, 0.15) is 40.5 Å². The van der Waals surface area contributed by atoms with Gasteiger partial charge in [-0.15, -0.1) is 0 Å². The van der Waals surface area contributed by atoms with E-state index in [4.69, 9.17) is 5.11 Å². The van der Waals surface area contributed by atoms with Crippen molar-refractivity contribution in [2.45, 2.75) is 57.3 Å². The Bertz CT molecular complexity index is 426. The van der Waals surface area contributed by atoms with Crippen molar-refractivity contribution in [3.8, 4) is 0 Å². The maximum absolute atomic E-state index is 11.8. The number of hydrogen-bond acceptors (Lipinski definition) is 4. The molecule has 20 heavy (non-hydrogen) atoms. The number of imidazole rings is 1. The summed E-state index contributed by atoms with van der Waals surface area (Å²) in [4.78, 5) is 16.1. The molecule has 0 aliphatic carbocycles. The van der Waals surface area contributed by atoms with Gasteiger partial charge >= 0.3 is 0 Å². The van der Waals surface area contributed by atoms with Crippen LogP contribution in [0.4, 0.5) is 0 Å². The third-order valence-electron chi connectivity index (χ3n) is 2.86. The normalized spacial score (nSPS) is 13.2. The fourth-order valence-corrected chi connectivity index (χ4v) is 2.78. The fourth-order valence-electron chi connectivity index (χ4n) is 1.82. The molecule has 0 radical (unpaired) electrons. The van der Waals surface area contributed by atoms with Gasteiger partial charge in [0.25, 0.3) is 0 Å². The smallest absolute Gasteiger partial charge is 0.230 e. The number of thioether (sulfide) groups is 1. The molecule has 1 heterocycles. The predicted octanol–water partition coefficient (Wildman–Crippen LogP) is 2.01. The summed E-state index contributed by atoms with van der Waals surface area (Å²) in [6.07, 6.45) is 5.20. The highest BCUT2D eigenvalue weighted by Gasteiger charge is 2.18. The number of rotatable bonds is 7. The number of aliphatic hydroxyl groups excluding tert-OH is 1. The molecule has 114 valence electrons. The van der Waals surface area contributed by atoms with Gasteiger partial charge in [-0.25, -0.2) is 4.98 Å². The topological polar surface area (TPSA) is 67.2 Å². The second-order valence-electron chi connectivity index (χ2n) is 5.87. The Morgan fingerprint density at radius 2 is 2.25 bits per heavy atom. The first-order valence-electron chi connectivity index (χ1n) is 6.91. The van der Waals surface area contributed by atoms with Gasteiger partial charge in [-0.3, -0.25) is 4.79 Å². The summed E-state index contributed by atoms with van der Waals surface area (Å²) in [5.74, 6) is 0.361. The summed E-state index contributed by atoms with van der Waals surface area (Å²) in [6.45, 7) is 8.44. The van der Waals surface area contributed by atoms with Crippen LogP contribution in [0.5, 0.6) is 0 Å². The average Bonchev–Trinajstić information content (AvgIpc) is 2.82. The van der Waals surface area contributed by atoms with Crippen LogP contribution >= 0.6 is 11.8 Å². The van der Waals surface area contributed by atoms with Gasteiger partial charge in [0, 0.05) is 30.6 Å². The van der Waals surface area contributed by atoms with Gasteiger partial charge in [-0.05, 0) is 40.5 Å². The standard InChI is InChI=1S/C14H25N3O2S/c1-11(6-5-9-18)16-12(19)10-20-13-15-7-8-17(13)14(2,3)4/h7-8,11,18H,5-6,9-10H2,1-4H3,(H,16,19). The van der Waals surface area contributed by atoms with Crippen molar-refractivity contribution in [1.82, 2.24) is 14.9 Å². The average molecular weight is 299 g/mol. The van der Waals surface area contributed by atoms with Crippen LogP contribution in [0.15, 0.2) is 17.6 Å². The van der Waals surface area contributed by atoms with E-state index in [9.17, 15) is 4.79 Å². The second-order valence-corrected chi connectivity index (χ2v) is 6.82. The molecule has 1 aromatic rings. The van der Waals surface area contributed by atoms with E-state index in [-0.39, 0.29) is 24.1 Å². The van der Waals surface area contributed by atoms with E-state index >= 15 is 0 Å². The molecule has 0 aromatic carbocycles. The maximum Gasteiger partial charge on any atom is 0.230 e. The minimum absolute atomic E-state index is 0.00361. The van der Waals surface area contributed by atoms with E-state index in [0.717, 1.165) is 11.6 Å². The van der Waals surface area contributed by atoms with E-state index in [1.54, 1.807) is 6.20 Å². The zero-order valence-corrected chi connectivity index (χ0v) is 13.5. The summed E-state index contributed by atoms with van der Waals surface area (Å²) in [7, 11) is 0. The van der Waals surface area contributed by atoms with Crippen LogP contribution in [0.25, 0.3) is 0 Å². The zero-order valence-electron chi connectivity index (χ0n) is 12.7. The molecule has 1 rings (SSSR count). The molecule has 1 amide bonds. The van der Waals surface area contributed by atoms with Crippen LogP contribution < -0.4 is 5.32 Å². The van der Waals surface area contributed by atoms with Crippen molar-refractivity contribution in [3.05, 3.63) is 12.4 Å². The van der Waals surface area contributed by atoms with Crippen molar-refractivity contribution in [3.63, 3.8) is 0 Å². The van der Waals surface area contributed by atoms with Gasteiger partial charge in [0.05, 0.1) is 5.75 Å². The largest absolute Gasteiger partial charge is 0.396 e. The lowest BCUT2D eigenvalue weighted by Gasteiger charge is -2.23. The van der Waals surface area contributed by atoms with Crippen molar-refractivity contribution < 1.29 is 9.90 Å². The van der Waals surface area contributed by atoms with Gasteiger partial charge in [0.2, 0.25) is 5.91 Å². The zero-order chi connectivity index (χ0) is 15.2. The van der Waals surface area contributed by atoms with Crippen LogP contribution in [0.3, 0.4) is 0 Å². The highest BCUT2D eigenvalue weighted by Crippen LogP contribution is 2.23. The summed E-state index contributed by atoms with van der Waals surface area (Å²) < 4.78 is 2.07. The third-order valence-corrected chi connectivity index (χ3v) is 3.83. The molecule has 0 aliphatic rings. The number of nitrogens with one attached hydrogen (secondary N) is 1. The molecule has 0 aliphatic heterocycles. The van der Waals surface area contributed by atoms with Gasteiger partial charge in [-0.1, -0.05) is 11.8 Å². The van der Waals surface area contributed by atoms with Crippen LogP contribution in [-0.2, 0) is 10.3 Å². The predicted molar refractivity (Wildman–Crippen MR) is 81.9 cm³/mol. The van der Waals surface area contributed by atoms with Crippen molar-refractivity contribution in [2.75, 3.05) is 12.4 Å². The Hall–Kier alpha value is -1.01. The molecule has 1 aromatic heterocycles. The number of hydrogen-bond donors (Lipinski definition) is 2. The molecule has 0 spiro atoms. The molecular weight excluding hydrogens is 274 g/mol. The number of nitrogens with zero attached hydrogens (tertiary/aromatic N) is 2. The highest BCUT2D eigenvalue weighted by atomic mass is 32.2. The lowest BCUT2D eigenvalue weighted by molar-refractivity contribution is -0.119. The van der Waals surface area contributed by atoms with Crippen LogP contribution in [0, 0.1) is 0 Å². The molecule has 0 saturated heterocycles. The molecule has 6 heteroatoms. The van der Waals surface area contributed by atoms with Crippen LogP contribution in [-0.4, -0.2) is 39.0 Å². The number of aliphatic hydroxyl groups is 1. The fraction of sp³-hybridized carbons (Fsp3) is 0.714. The van der Waals surface area contributed by atoms with Gasteiger partial charge in [-0.2, -0.15) is 0 Å². The quantitative estimate of drug-likeness (QED) is 0.756. The first-order valence-corrected chi connectivity index (χ1v) is 7.90. The summed E-state index contributed by atoms with van der Waals surface area (Å²) >= 11 is 1.44. The SMILES string of the molecule is CC(CCCO)NC(=O)CSc1nccn1C(C)(C)C. The summed E-state index contributed by atoms with van der Waals surface area (Å²) in [5.41, 5.74) is -0.0380. The first kappa shape index (κ1) is 17.0. The molecule has 1 atom stereocenters. The lowest BCUT2D eigenvalue weighted by atomic mass is 10.1. The molecule has 5 nitrogen and oxygen atoms in total. The van der Waals surface area contributed by atoms with Crippen molar-refractivity contribution in [2.24, 2.45) is 0 Å². The number of amides is 1. The Labute approximate surface area is 125 Å². The molecule has 0 bridgehead atoms. The lowest BCUT2D eigenvalue weighted by Crippen LogP contribution is -2.34. The monoisotopic (exact) mass is 299 g/mol. The van der Waals surface area contributed by atoms with Crippen LogP contribution in [0.2, 0.25) is 0 Å². The second kappa shape index (κ2) is 7.69. The van der Waals surface area contributed by atoms with E-state index in [1.165, 1.54) is 11.8 Å². The van der Waals surface area contributed by atoms with Gasteiger partial charge < -0.3 is 15.0 Å². The van der Waals surface area contributed by atoms with Gasteiger partial charge in [0.1, 0.15) is 0 Å². The molecule has 1 unspecified atom stereocenters.